The van der Waals surface area contributed by atoms with Gasteiger partial charge in [-0.1, -0.05) is 121 Å². The van der Waals surface area contributed by atoms with E-state index in [9.17, 15) is 0 Å². The zero-order valence-corrected chi connectivity index (χ0v) is 28.4. The van der Waals surface area contributed by atoms with E-state index in [1.807, 2.05) is 11.3 Å². The summed E-state index contributed by atoms with van der Waals surface area (Å²) in [5.74, 6) is 0. The molecular weight excluding hydrogens is 637 g/mol. The molecule has 2 nitrogen and oxygen atoms in total. The van der Waals surface area contributed by atoms with Crippen LogP contribution in [0.15, 0.2) is 182 Å². The quantitative estimate of drug-likeness (QED) is 0.177. The van der Waals surface area contributed by atoms with Gasteiger partial charge in [0.15, 0.2) is 0 Å². The Morgan fingerprint density at radius 3 is 1.43 bits per heavy atom. The average molecular weight is 667 g/mol. The summed E-state index contributed by atoms with van der Waals surface area (Å²) >= 11 is 1.88. The predicted octanol–water partition coefficient (Wildman–Crippen LogP) is 13.6. The van der Waals surface area contributed by atoms with Crippen LogP contribution in [0.3, 0.4) is 0 Å². The van der Waals surface area contributed by atoms with Crippen molar-refractivity contribution in [2.24, 2.45) is 0 Å². The minimum absolute atomic E-state index is 1.16. The second-order valence-corrected chi connectivity index (χ2v) is 14.5. The van der Waals surface area contributed by atoms with Gasteiger partial charge in [-0.3, -0.25) is 0 Å². The van der Waals surface area contributed by atoms with Gasteiger partial charge in [0, 0.05) is 53.1 Å². The highest BCUT2D eigenvalue weighted by Crippen LogP contribution is 2.44. The predicted molar refractivity (Wildman–Crippen MR) is 219 cm³/mol. The molecule has 51 heavy (non-hydrogen) atoms. The minimum atomic E-state index is 1.16. The summed E-state index contributed by atoms with van der Waals surface area (Å²) < 4.78 is 7.57. The summed E-state index contributed by atoms with van der Waals surface area (Å²) in [5, 5.41) is 7.70. The molecule has 0 bridgehead atoms. The second kappa shape index (κ2) is 11.0. The van der Waals surface area contributed by atoms with Crippen molar-refractivity contribution in [1.29, 1.82) is 0 Å². The van der Waals surface area contributed by atoms with Gasteiger partial charge >= 0.3 is 0 Å². The van der Waals surface area contributed by atoms with E-state index in [1.165, 1.54) is 86.0 Å². The van der Waals surface area contributed by atoms with Crippen LogP contribution in [0, 0.1) is 0 Å². The van der Waals surface area contributed by atoms with Crippen molar-refractivity contribution >= 4 is 75.1 Å². The maximum Gasteiger partial charge on any atom is 0.0562 e. The van der Waals surface area contributed by atoms with Crippen LogP contribution in [0.1, 0.15) is 0 Å². The van der Waals surface area contributed by atoms with Gasteiger partial charge in [0.2, 0.25) is 0 Å². The van der Waals surface area contributed by atoms with Crippen molar-refractivity contribution in [3.05, 3.63) is 182 Å². The van der Waals surface area contributed by atoms with Crippen LogP contribution in [0.4, 0.5) is 0 Å². The number of rotatable bonds is 4. The minimum Gasteiger partial charge on any atom is -0.309 e. The Kier molecular flexibility index (Phi) is 6.16. The smallest absolute Gasteiger partial charge is 0.0562 e. The van der Waals surface area contributed by atoms with Crippen molar-refractivity contribution in [3.8, 4) is 33.6 Å². The van der Waals surface area contributed by atoms with E-state index < -0.39 is 0 Å². The molecule has 11 rings (SSSR count). The summed E-state index contributed by atoms with van der Waals surface area (Å²) in [6.45, 7) is 0. The van der Waals surface area contributed by atoms with Gasteiger partial charge in [0.05, 0.1) is 22.1 Å². The van der Waals surface area contributed by atoms with Gasteiger partial charge in [-0.15, -0.1) is 11.3 Å². The fraction of sp³-hybridized carbons (Fsp3) is 0. The average Bonchev–Trinajstić information content (AvgIpc) is 3.83. The van der Waals surface area contributed by atoms with Gasteiger partial charge in [-0.25, -0.2) is 0 Å². The summed E-state index contributed by atoms with van der Waals surface area (Å²) in [6.07, 6.45) is 0. The summed E-state index contributed by atoms with van der Waals surface area (Å²) in [6, 6.07) is 66.7. The summed E-state index contributed by atoms with van der Waals surface area (Å²) in [7, 11) is 0. The lowest BCUT2D eigenvalue weighted by Crippen LogP contribution is -1.96. The standard InChI is InChI=1S/C48H30N2S/c1-3-13-31(14-4-1)33-17-11-19-35(25-33)49-43-23-9-7-21-37(43)39-27-40-41-28-42-38-22-8-10-24-47(38)51-48(42)30-46(41)50(45(40)29-44(39)49)36-20-12-18-34(26-36)32-15-5-2-6-16-32/h1-30H. The third-order valence-electron chi connectivity index (χ3n) is 10.5. The molecule has 0 saturated carbocycles. The SMILES string of the molecule is c1ccc(-c2cccc(-n3c4ccccc4c4cc5c6cc7c(cc6n(-c6cccc(-c8ccccc8)c6)c5cc43)sc3ccccc37)c2)cc1. The van der Waals surface area contributed by atoms with Crippen LogP contribution in [0.2, 0.25) is 0 Å². The molecule has 3 heteroatoms. The Morgan fingerprint density at radius 2 is 0.765 bits per heavy atom. The molecule has 0 atom stereocenters. The van der Waals surface area contributed by atoms with E-state index in [-0.39, 0.29) is 0 Å². The highest BCUT2D eigenvalue weighted by molar-refractivity contribution is 7.25. The summed E-state index contributed by atoms with van der Waals surface area (Å²) in [5.41, 5.74) is 12.0. The molecule has 0 aliphatic rings. The molecule has 0 radical (unpaired) electrons. The Morgan fingerprint density at radius 1 is 0.275 bits per heavy atom. The van der Waals surface area contributed by atoms with Crippen LogP contribution in [-0.4, -0.2) is 9.13 Å². The fourth-order valence-corrected chi connectivity index (χ4v) is 9.28. The van der Waals surface area contributed by atoms with Gasteiger partial charge in [-0.05, 0) is 82.9 Å². The van der Waals surface area contributed by atoms with Crippen molar-refractivity contribution in [3.63, 3.8) is 0 Å². The first-order valence-corrected chi connectivity index (χ1v) is 18.2. The van der Waals surface area contributed by atoms with Crippen LogP contribution in [-0.2, 0) is 0 Å². The molecule has 3 aromatic heterocycles. The summed E-state index contributed by atoms with van der Waals surface area (Å²) in [4.78, 5) is 0. The lowest BCUT2D eigenvalue weighted by molar-refractivity contribution is 1.17. The molecule has 8 aromatic carbocycles. The number of nitrogens with zero attached hydrogens (tertiary/aromatic N) is 2. The van der Waals surface area contributed by atoms with Crippen LogP contribution >= 0.6 is 11.3 Å². The molecule has 0 aliphatic heterocycles. The number of hydrogen-bond donors (Lipinski definition) is 0. The molecule has 11 aromatic rings. The Balaban J connectivity index is 1.26. The highest BCUT2D eigenvalue weighted by atomic mass is 32.1. The van der Waals surface area contributed by atoms with Gasteiger partial charge in [-0.2, -0.15) is 0 Å². The topological polar surface area (TPSA) is 9.86 Å². The van der Waals surface area contributed by atoms with Crippen molar-refractivity contribution in [2.45, 2.75) is 0 Å². The number of para-hydroxylation sites is 1. The van der Waals surface area contributed by atoms with E-state index in [4.69, 9.17) is 0 Å². The third kappa shape index (κ3) is 4.35. The van der Waals surface area contributed by atoms with Gasteiger partial charge in [0.25, 0.3) is 0 Å². The molecule has 0 aliphatic carbocycles. The highest BCUT2D eigenvalue weighted by Gasteiger charge is 2.20. The molecule has 0 spiro atoms. The third-order valence-corrected chi connectivity index (χ3v) is 11.6. The first kappa shape index (κ1) is 28.4. The molecule has 0 fully saturated rings. The van der Waals surface area contributed by atoms with E-state index in [1.54, 1.807) is 0 Å². The largest absolute Gasteiger partial charge is 0.309 e. The van der Waals surface area contributed by atoms with Crippen LogP contribution < -0.4 is 0 Å². The Hall–Kier alpha value is -6.42. The Bertz CT molecular complexity index is 3130. The number of thiophene rings is 1. The van der Waals surface area contributed by atoms with Crippen LogP contribution in [0.5, 0.6) is 0 Å². The molecule has 238 valence electrons. The first-order chi connectivity index (χ1) is 25.3. The van der Waals surface area contributed by atoms with Crippen molar-refractivity contribution in [2.75, 3.05) is 0 Å². The van der Waals surface area contributed by atoms with Crippen LogP contribution in [0.25, 0.3) is 97.4 Å². The number of benzene rings is 8. The Labute approximate surface area is 298 Å². The number of aromatic nitrogens is 2. The molecule has 3 heterocycles. The second-order valence-electron chi connectivity index (χ2n) is 13.4. The van der Waals surface area contributed by atoms with Gasteiger partial charge in [0.1, 0.15) is 0 Å². The molecule has 0 N–H and O–H groups in total. The van der Waals surface area contributed by atoms with Crippen molar-refractivity contribution < 1.29 is 0 Å². The number of hydrogen-bond acceptors (Lipinski definition) is 1. The zero-order chi connectivity index (χ0) is 33.5. The first-order valence-electron chi connectivity index (χ1n) is 17.4. The van der Waals surface area contributed by atoms with E-state index in [2.05, 4.69) is 191 Å². The molecule has 0 saturated heterocycles. The normalized spacial score (nSPS) is 11.9. The van der Waals surface area contributed by atoms with E-state index in [0.29, 0.717) is 0 Å². The number of fused-ring (bicyclic) bond motifs is 9. The zero-order valence-electron chi connectivity index (χ0n) is 27.6. The van der Waals surface area contributed by atoms with E-state index >= 15 is 0 Å². The maximum absolute atomic E-state index is 2.49. The maximum atomic E-state index is 2.49. The fourth-order valence-electron chi connectivity index (χ4n) is 8.16. The van der Waals surface area contributed by atoms with Gasteiger partial charge < -0.3 is 9.13 Å². The van der Waals surface area contributed by atoms with Crippen molar-refractivity contribution in [1.82, 2.24) is 9.13 Å². The lowest BCUT2D eigenvalue weighted by Gasteiger charge is -2.12. The lowest BCUT2D eigenvalue weighted by atomic mass is 10.0. The molecule has 0 amide bonds. The molecule has 0 unspecified atom stereocenters. The van der Waals surface area contributed by atoms with E-state index in [0.717, 1.165) is 11.4 Å². The molecular formula is C48H30N2S. The monoisotopic (exact) mass is 666 g/mol.